The van der Waals surface area contributed by atoms with Crippen LogP contribution in [0.2, 0.25) is 0 Å². The van der Waals surface area contributed by atoms with Crippen LogP contribution in [-0.2, 0) is 0 Å². The fourth-order valence-electron chi connectivity index (χ4n) is 1.94. The zero-order valence-electron chi connectivity index (χ0n) is 11.5. The van der Waals surface area contributed by atoms with E-state index in [1.165, 1.54) is 24.1 Å². The van der Waals surface area contributed by atoms with Crippen LogP contribution in [0.5, 0.6) is 0 Å². The van der Waals surface area contributed by atoms with E-state index in [0.29, 0.717) is 0 Å². The van der Waals surface area contributed by atoms with Gasteiger partial charge >= 0.3 is 0 Å². The molecule has 0 aliphatic rings. The van der Waals surface area contributed by atoms with Crippen molar-refractivity contribution in [3.63, 3.8) is 0 Å². The smallest absolute Gasteiger partial charge is 0.0369 e. The largest absolute Gasteiger partial charge is 0.371 e. The van der Waals surface area contributed by atoms with E-state index in [-0.39, 0.29) is 0 Å². The molecule has 0 radical (unpaired) electrons. The van der Waals surface area contributed by atoms with Crippen molar-refractivity contribution < 1.29 is 0 Å². The van der Waals surface area contributed by atoms with Crippen LogP contribution in [0.4, 0.5) is 5.69 Å². The topological polar surface area (TPSA) is 15.3 Å². The second-order valence-corrected chi connectivity index (χ2v) is 4.52. The molecule has 1 rings (SSSR count). The quantitative estimate of drug-likeness (QED) is 0.695. The van der Waals surface area contributed by atoms with E-state index in [1.807, 2.05) is 0 Å². The molecule has 0 bridgehead atoms. The Balaban J connectivity index is 2.38. The van der Waals surface area contributed by atoms with E-state index in [9.17, 15) is 0 Å². The molecule has 1 aromatic rings. The van der Waals surface area contributed by atoms with Crippen molar-refractivity contribution in [2.24, 2.45) is 0 Å². The molecule has 0 unspecified atom stereocenters. The number of likely N-dealkylation sites (N-methyl/N-ethyl adjacent to an activating group) is 1. The Bertz CT molecular complexity index is 310. The lowest BCUT2D eigenvalue weighted by molar-refractivity contribution is 0.629. The summed E-state index contributed by atoms with van der Waals surface area (Å²) in [5.74, 6) is 0. The average molecular weight is 234 g/mol. The van der Waals surface area contributed by atoms with Crippen LogP contribution >= 0.6 is 0 Å². The molecule has 1 N–H and O–H groups in total. The molecule has 0 spiro atoms. The van der Waals surface area contributed by atoms with Crippen LogP contribution in [-0.4, -0.2) is 26.2 Å². The molecule has 96 valence electrons. The van der Waals surface area contributed by atoms with Gasteiger partial charge in [0.1, 0.15) is 0 Å². The molecule has 0 atom stereocenters. The molecule has 0 aromatic heterocycles. The Morgan fingerprint density at radius 3 is 2.65 bits per heavy atom. The van der Waals surface area contributed by atoms with Crippen LogP contribution in [0.25, 0.3) is 0 Å². The van der Waals surface area contributed by atoms with Gasteiger partial charge in [-0.15, -0.1) is 0 Å². The first-order valence-electron chi connectivity index (χ1n) is 6.80. The predicted octanol–water partition coefficient (Wildman–Crippen LogP) is 3.21. The molecule has 0 heterocycles. The first-order valence-corrected chi connectivity index (χ1v) is 6.80. The SMILES string of the molecule is CCCCNCCN(CC)c1cccc(C)c1. The fourth-order valence-corrected chi connectivity index (χ4v) is 1.94. The summed E-state index contributed by atoms with van der Waals surface area (Å²) in [5.41, 5.74) is 2.67. The van der Waals surface area contributed by atoms with E-state index >= 15 is 0 Å². The summed E-state index contributed by atoms with van der Waals surface area (Å²) < 4.78 is 0. The highest BCUT2D eigenvalue weighted by atomic mass is 15.1. The molecule has 0 saturated carbocycles. The third-order valence-corrected chi connectivity index (χ3v) is 3.01. The second kappa shape index (κ2) is 8.13. The van der Waals surface area contributed by atoms with E-state index in [4.69, 9.17) is 0 Å². The van der Waals surface area contributed by atoms with Gasteiger partial charge in [-0.05, 0) is 44.5 Å². The van der Waals surface area contributed by atoms with Crippen molar-refractivity contribution >= 4 is 5.69 Å². The number of benzene rings is 1. The summed E-state index contributed by atoms with van der Waals surface area (Å²) >= 11 is 0. The van der Waals surface area contributed by atoms with Crippen LogP contribution in [0.3, 0.4) is 0 Å². The van der Waals surface area contributed by atoms with Crippen molar-refractivity contribution in [2.75, 3.05) is 31.1 Å². The van der Waals surface area contributed by atoms with Gasteiger partial charge in [0.25, 0.3) is 0 Å². The number of aryl methyl sites for hydroxylation is 1. The van der Waals surface area contributed by atoms with Crippen LogP contribution in [0.15, 0.2) is 24.3 Å². The molecule has 1 aromatic carbocycles. The summed E-state index contributed by atoms with van der Waals surface area (Å²) in [6.07, 6.45) is 2.54. The zero-order valence-corrected chi connectivity index (χ0v) is 11.5. The number of hydrogen-bond acceptors (Lipinski definition) is 2. The molecule has 0 saturated heterocycles. The van der Waals surface area contributed by atoms with Gasteiger partial charge in [-0.1, -0.05) is 25.5 Å². The summed E-state index contributed by atoms with van der Waals surface area (Å²) in [5, 5.41) is 3.49. The maximum atomic E-state index is 3.49. The molecule has 0 aliphatic heterocycles. The first kappa shape index (κ1) is 14.0. The minimum atomic E-state index is 1.07. The number of anilines is 1. The molecule has 2 nitrogen and oxygen atoms in total. The van der Waals surface area contributed by atoms with Gasteiger partial charge in [0, 0.05) is 25.3 Å². The minimum Gasteiger partial charge on any atom is -0.371 e. The molecule has 0 aliphatic carbocycles. The zero-order chi connectivity index (χ0) is 12.5. The van der Waals surface area contributed by atoms with Crippen molar-refractivity contribution in [1.29, 1.82) is 0 Å². The number of hydrogen-bond donors (Lipinski definition) is 1. The lowest BCUT2D eigenvalue weighted by Crippen LogP contribution is -2.32. The van der Waals surface area contributed by atoms with Gasteiger partial charge < -0.3 is 10.2 Å². The first-order chi connectivity index (χ1) is 8.27. The van der Waals surface area contributed by atoms with Gasteiger partial charge in [0.2, 0.25) is 0 Å². The summed E-state index contributed by atoms with van der Waals surface area (Å²) in [6, 6.07) is 8.74. The molecule has 2 heteroatoms. The lowest BCUT2D eigenvalue weighted by Gasteiger charge is -2.23. The summed E-state index contributed by atoms with van der Waals surface area (Å²) in [6.45, 7) is 11.0. The standard InChI is InChI=1S/C15H26N2/c1-4-6-10-16-11-12-17(5-2)15-9-7-8-14(3)13-15/h7-9,13,16H,4-6,10-12H2,1-3H3. The number of rotatable bonds is 8. The Labute approximate surface area is 106 Å². The molecule has 0 fully saturated rings. The highest BCUT2D eigenvalue weighted by Gasteiger charge is 2.03. The average Bonchev–Trinajstić information content (AvgIpc) is 2.34. The van der Waals surface area contributed by atoms with Gasteiger partial charge in [0.05, 0.1) is 0 Å². The van der Waals surface area contributed by atoms with E-state index in [2.05, 4.69) is 55.3 Å². The van der Waals surface area contributed by atoms with Crippen LogP contribution in [0, 0.1) is 6.92 Å². The Morgan fingerprint density at radius 2 is 2.00 bits per heavy atom. The maximum absolute atomic E-state index is 3.49. The van der Waals surface area contributed by atoms with E-state index in [0.717, 1.165) is 26.2 Å². The van der Waals surface area contributed by atoms with E-state index in [1.54, 1.807) is 0 Å². The third kappa shape index (κ3) is 5.22. The third-order valence-electron chi connectivity index (χ3n) is 3.01. The van der Waals surface area contributed by atoms with Crippen LogP contribution in [0.1, 0.15) is 32.3 Å². The number of nitrogens with one attached hydrogen (secondary N) is 1. The van der Waals surface area contributed by atoms with Gasteiger partial charge in [-0.2, -0.15) is 0 Å². The Kier molecular flexibility index (Phi) is 6.71. The normalized spacial score (nSPS) is 10.5. The van der Waals surface area contributed by atoms with Crippen molar-refractivity contribution in [1.82, 2.24) is 5.32 Å². The molecular weight excluding hydrogens is 208 g/mol. The van der Waals surface area contributed by atoms with Crippen molar-refractivity contribution in [3.05, 3.63) is 29.8 Å². The molecule has 17 heavy (non-hydrogen) atoms. The maximum Gasteiger partial charge on any atom is 0.0369 e. The Morgan fingerprint density at radius 1 is 1.18 bits per heavy atom. The highest BCUT2D eigenvalue weighted by Crippen LogP contribution is 2.14. The lowest BCUT2D eigenvalue weighted by atomic mass is 10.2. The monoisotopic (exact) mass is 234 g/mol. The van der Waals surface area contributed by atoms with Gasteiger partial charge in [-0.3, -0.25) is 0 Å². The fraction of sp³-hybridized carbons (Fsp3) is 0.600. The number of unbranched alkanes of at least 4 members (excludes halogenated alkanes) is 1. The highest BCUT2D eigenvalue weighted by molar-refractivity contribution is 5.48. The van der Waals surface area contributed by atoms with Gasteiger partial charge in [-0.25, -0.2) is 0 Å². The molecular formula is C15H26N2. The predicted molar refractivity (Wildman–Crippen MR) is 76.8 cm³/mol. The van der Waals surface area contributed by atoms with Gasteiger partial charge in [0.15, 0.2) is 0 Å². The minimum absolute atomic E-state index is 1.07. The van der Waals surface area contributed by atoms with Crippen LogP contribution < -0.4 is 10.2 Å². The second-order valence-electron chi connectivity index (χ2n) is 4.52. The number of nitrogens with zero attached hydrogens (tertiary/aromatic N) is 1. The summed E-state index contributed by atoms with van der Waals surface area (Å²) in [7, 11) is 0. The van der Waals surface area contributed by atoms with Crippen molar-refractivity contribution in [3.8, 4) is 0 Å². The van der Waals surface area contributed by atoms with E-state index < -0.39 is 0 Å². The molecule has 0 amide bonds. The van der Waals surface area contributed by atoms with Crippen molar-refractivity contribution in [2.45, 2.75) is 33.6 Å². The summed E-state index contributed by atoms with van der Waals surface area (Å²) in [4.78, 5) is 2.42. The Hall–Kier alpha value is -1.02.